The van der Waals surface area contributed by atoms with Gasteiger partial charge in [0.25, 0.3) is 0 Å². The van der Waals surface area contributed by atoms with Crippen LogP contribution >= 0.6 is 11.6 Å². The van der Waals surface area contributed by atoms with E-state index in [4.69, 9.17) is 16.3 Å². The Bertz CT molecular complexity index is 1640. The summed E-state index contributed by atoms with van der Waals surface area (Å²) in [7, 11) is -4.88. The first-order chi connectivity index (χ1) is 21.4. The van der Waals surface area contributed by atoms with Crippen molar-refractivity contribution in [2.24, 2.45) is 0 Å². The Morgan fingerprint density at radius 2 is 1.84 bits per heavy atom. The molecule has 3 heterocycles. The highest BCUT2D eigenvalue weighted by Gasteiger charge is 2.32. The van der Waals surface area contributed by atoms with E-state index in [-0.39, 0.29) is 46.4 Å². The van der Waals surface area contributed by atoms with Crippen LogP contribution in [0.15, 0.2) is 47.5 Å². The SMILES string of the molecule is Cc1cc(Nc2ncc(Cl)c(Nc3ccccc3S(=O)(=O)C(F)F)n2)c(OC(C)C)cc1C1CCN(C(=O)C2CCCN2)CC1. The van der Waals surface area contributed by atoms with Gasteiger partial charge in [-0.15, -0.1) is 0 Å². The van der Waals surface area contributed by atoms with Gasteiger partial charge >= 0.3 is 5.76 Å². The number of ether oxygens (including phenoxy) is 1. The van der Waals surface area contributed by atoms with Crippen molar-refractivity contribution in [1.29, 1.82) is 0 Å². The first-order valence-corrected chi connectivity index (χ1v) is 16.9. The van der Waals surface area contributed by atoms with Crippen LogP contribution in [0.4, 0.5) is 31.9 Å². The molecule has 5 rings (SSSR count). The van der Waals surface area contributed by atoms with E-state index < -0.39 is 20.5 Å². The van der Waals surface area contributed by atoms with Gasteiger partial charge in [0.2, 0.25) is 21.7 Å². The van der Waals surface area contributed by atoms with Crippen molar-refractivity contribution in [3.8, 4) is 5.75 Å². The maximum absolute atomic E-state index is 13.3. The van der Waals surface area contributed by atoms with Crippen LogP contribution in [0.2, 0.25) is 5.02 Å². The van der Waals surface area contributed by atoms with Crippen LogP contribution in [0.3, 0.4) is 0 Å². The third-order valence-corrected chi connectivity index (χ3v) is 9.72. The second-order valence-corrected chi connectivity index (χ2v) is 13.9. The standard InChI is InChI=1S/C31H37ClF2N6O4S/c1-18(2)44-26-16-21(20-10-13-40(14-11-20)29(41)24-8-6-12-35-24)19(3)15-25(26)38-31-36-17-22(32)28(39-31)37-23-7-4-5-9-27(23)45(42,43)30(33)34/h4-5,7,9,15-18,20,24,30,35H,6,8,10-14H2,1-3H3,(H2,36,37,38,39). The normalized spacial score (nSPS) is 17.6. The third-order valence-electron chi connectivity index (χ3n) is 8.01. The maximum Gasteiger partial charge on any atom is 0.341 e. The molecule has 0 saturated carbocycles. The van der Waals surface area contributed by atoms with Crippen molar-refractivity contribution in [1.82, 2.24) is 20.2 Å². The lowest BCUT2D eigenvalue weighted by Gasteiger charge is -2.34. The summed E-state index contributed by atoms with van der Waals surface area (Å²) in [5.74, 6) is -2.37. The van der Waals surface area contributed by atoms with Gasteiger partial charge < -0.3 is 25.6 Å². The molecule has 10 nitrogen and oxygen atoms in total. The molecule has 14 heteroatoms. The van der Waals surface area contributed by atoms with E-state index in [0.717, 1.165) is 49.4 Å². The number of benzene rings is 2. The molecular formula is C31H37ClF2N6O4S. The topological polar surface area (TPSA) is 126 Å². The number of nitrogens with zero attached hydrogens (tertiary/aromatic N) is 3. The van der Waals surface area contributed by atoms with Crippen LogP contribution in [0.1, 0.15) is 56.6 Å². The van der Waals surface area contributed by atoms with Crippen molar-refractivity contribution in [3.63, 3.8) is 0 Å². The van der Waals surface area contributed by atoms with Crippen molar-refractivity contribution in [3.05, 3.63) is 58.7 Å². The number of carbonyl (C=O) groups is 1. The molecule has 0 spiro atoms. The van der Waals surface area contributed by atoms with E-state index in [1.807, 2.05) is 37.8 Å². The Labute approximate surface area is 266 Å². The Morgan fingerprint density at radius 3 is 2.51 bits per heavy atom. The van der Waals surface area contributed by atoms with Gasteiger partial charge in [-0.1, -0.05) is 23.7 Å². The molecule has 45 heavy (non-hydrogen) atoms. The Morgan fingerprint density at radius 1 is 1.11 bits per heavy atom. The van der Waals surface area contributed by atoms with Crippen molar-refractivity contribution in [2.75, 3.05) is 30.3 Å². The van der Waals surface area contributed by atoms with Crippen LogP contribution in [0.25, 0.3) is 0 Å². The number of hydrogen-bond acceptors (Lipinski definition) is 9. The summed E-state index contributed by atoms with van der Waals surface area (Å²) in [6.07, 6.45) is 4.82. The number of hydrogen-bond donors (Lipinski definition) is 3. The zero-order valence-corrected chi connectivity index (χ0v) is 26.9. The average molecular weight is 663 g/mol. The highest BCUT2D eigenvalue weighted by Crippen LogP contribution is 2.39. The number of sulfone groups is 1. The molecule has 2 aliphatic heterocycles. The molecule has 2 fully saturated rings. The minimum Gasteiger partial charge on any atom is -0.489 e. The molecule has 2 aromatic carbocycles. The lowest BCUT2D eigenvalue weighted by molar-refractivity contribution is -0.134. The third kappa shape index (κ3) is 7.47. The number of para-hydroxylation sites is 1. The van der Waals surface area contributed by atoms with Crippen molar-refractivity contribution < 1.29 is 26.7 Å². The zero-order chi connectivity index (χ0) is 32.3. The maximum atomic E-state index is 13.3. The fourth-order valence-electron chi connectivity index (χ4n) is 5.80. The number of amides is 1. The Kier molecular flexibility index (Phi) is 10.1. The number of aryl methyl sites for hydroxylation is 1. The van der Waals surface area contributed by atoms with Gasteiger partial charge in [-0.05, 0) is 94.3 Å². The molecule has 0 bridgehead atoms. The second-order valence-electron chi connectivity index (χ2n) is 11.6. The van der Waals surface area contributed by atoms with Crippen LogP contribution in [0.5, 0.6) is 5.75 Å². The molecular weight excluding hydrogens is 626 g/mol. The summed E-state index contributed by atoms with van der Waals surface area (Å²) < 4.78 is 57.3. The lowest BCUT2D eigenvalue weighted by atomic mass is 9.86. The van der Waals surface area contributed by atoms with E-state index >= 15 is 0 Å². The number of likely N-dealkylation sites (tertiary alicyclic amines) is 1. The highest BCUT2D eigenvalue weighted by molar-refractivity contribution is 7.91. The van der Waals surface area contributed by atoms with E-state index in [9.17, 15) is 22.0 Å². The highest BCUT2D eigenvalue weighted by atomic mass is 35.5. The minimum atomic E-state index is -4.88. The predicted octanol–water partition coefficient (Wildman–Crippen LogP) is 6.17. The lowest BCUT2D eigenvalue weighted by Crippen LogP contribution is -2.46. The van der Waals surface area contributed by atoms with E-state index in [2.05, 4.69) is 25.9 Å². The summed E-state index contributed by atoms with van der Waals surface area (Å²) in [6, 6.07) is 9.23. The Balaban J connectivity index is 1.37. The molecule has 0 radical (unpaired) electrons. The first-order valence-electron chi connectivity index (χ1n) is 14.9. The van der Waals surface area contributed by atoms with Gasteiger partial charge in [0.15, 0.2) is 5.82 Å². The molecule has 1 atom stereocenters. The average Bonchev–Trinajstić information content (AvgIpc) is 3.55. The summed E-state index contributed by atoms with van der Waals surface area (Å²) in [4.78, 5) is 23.0. The first kappa shape index (κ1) is 32.8. The Hall–Kier alpha value is -3.55. The minimum absolute atomic E-state index is 0.0277. The monoisotopic (exact) mass is 662 g/mol. The smallest absolute Gasteiger partial charge is 0.341 e. The van der Waals surface area contributed by atoms with Crippen LogP contribution in [-0.4, -0.2) is 66.7 Å². The summed E-state index contributed by atoms with van der Waals surface area (Å²) >= 11 is 6.31. The van der Waals surface area contributed by atoms with Crippen LogP contribution in [-0.2, 0) is 14.6 Å². The second kappa shape index (κ2) is 13.8. The van der Waals surface area contributed by atoms with Crippen molar-refractivity contribution >= 4 is 50.5 Å². The molecule has 3 N–H and O–H groups in total. The number of carbonyl (C=O) groups excluding carboxylic acids is 1. The molecule has 2 saturated heterocycles. The van der Waals surface area contributed by atoms with Crippen LogP contribution in [0, 0.1) is 6.92 Å². The van der Waals surface area contributed by atoms with Gasteiger partial charge in [-0.2, -0.15) is 13.8 Å². The van der Waals surface area contributed by atoms with Gasteiger partial charge in [-0.3, -0.25) is 4.79 Å². The number of aromatic nitrogens is 2. The number of piperidine rings is 1. The summed E-state index contributed by atoms with van der Waals surface area (Å²) in [5.41, 5.74) is 2.70. The van der Waals surface area contributed by atoms with E-state index in [1.165, 1.54) is 24.4 Å². The number of nitrogens with one attached hydrogen (secondary N) is 3. The quantitative estimate of drug-likeness (QED) is 0.234. The van der Waals surface area contributed by atoms with E-state index in [1.54, 1.807) is 0 Å². The number of halogens is 3. The number of anilines is 4. The fraction of sp³-hybridized carbons (Fsp3) is 0.452. The molecule has 0 aliphatic carbocycles. The predicted molar refractivity (Wildman–Crippen MR) is 170 cm³/mol. The number of rotatable bonds is 10. The van der Waals surface area contributed by atoms with Gasteiger partial charge in [-0.25, -0.2) is 13.4 Å². The summed E-state index contributed by atoms with van der Waals surface area (Å²) in [6.45, 7) is 8.18. The molecule has 2 aliphatic rings. The summed E-state index contributed by atoms with van der Waals surface area (Å²) in [5, 5.41) is 9.30. The fourth-order valence-corrected chi connectivity index (χ4v) is 6.82. The molecule has 242 valence electrons. The number of alkyl halides is 2. The van der Waals surface area contributed by atoms with Crippen molar-refractivity contribution in [2.45, 2.75) is 75.2 Å². The van der Waals surface area contributed by atoms with Crippen LogP contribution < -0.4 is 20.7 Å². The van der Waals surface area contributed by atoms with Gasteiger partial charge in [0, 0.05) is 13.1 Å². The van der Waals surface area contributed by atoms with Gasteiger partial charge in [0.05, 0.1) is 34.6 Å². The zero-order valence-electron chi connectivity index (χ0n) is 25.3. The van der Waals surface area contributed by atoms with E-state index in [0.29, 0.717) is 24.5 Å². The molecule has 1 amide bonds. The largest absolute Gasteiger partial charge is 0.489 e. The molecule has 1 unspecified atom stereocenters. The molecule has 3 aromatic rings. The molecule has 1 aromatic heterocycles. The van der Waals surface area contributed by atoms with Gasteiger partial charge in [0.1, 0.15) is 10.8 Å².